The molecule has 1 fully saturated rings. The lowest BCUT2D eigenvalue weighted by atomic mass is 9.81. The van der Waals surface area contributed by atoms with Crippen LogP contribution in [0.2, 0.25) is 0 Å². The smallest absolute Gasteiger partial charge is 0.227 e. The molecule has 2 aromatic heterocycles. The number of hydrogen-bond acceptors (Lipinski definition) is 4. The molecule has 0 aromatic carbocycles. The predicted molar refractivity (Wildman–Crippen MR) is 88.0 cm³/mol. The molecule has 3 rings (SSSR count). The monoisotopic (exact) mass is 320 g/mol. The summed E-state index contributed by atoms with van der Waals surface area (Å²) in [7, 11) is 0. The molecule has 0 saturated carbocycles. The zero-order chi connectivity index (χ0) is 14.9. The molecule has 0 N–H and O–H groups in total. The van der Waals surface area contributed by atoms with E-state index in [-0.39, 0.29) is 11.3 Å². The van der Waals surface area contributed by atoms with Crippen LogP contribution in [0, 0.1) is 6.92 Å². The quantitative estimate of drug-likeness (QED) is 0.865. The first-order chi connectivity index (χ1) is 10.1. The molecular weight excluding hydrogens is 300 g/mol. The lowest BCUT2D eigenvalue weighted by Gasteiger charge is -2.38. The summed E-state index contributed by atoms with van der Waals surface area (Å²) in [4.78, 5) is 21.3. The summed E-state index contributed by atoms with van der Waals surface area (Å²) in [5, 5.41) is 3.25. The van der Waals surface area contributed by atoms with E-state index in [1.165, 1.54) is 14.8 Å². The fourth-order valence-corrected chi connectivity index (χ4v) is 4.57. The Balaban J connectivity index is 1.59. The second-order valence-electron chi connectivity index (χ2n) is 5.97. The number of rotatable bonds is 3. The number of aryl methyl sites for hydroxylation is 1. The molecule has 0 aliphatic carbocycles. The molecule has 0 atom stereocenters. The first-order valence-corrected chi connectivity index (χ1v) is 8.99. The molecule has 112 valence electrons. The maximum Gasteiger partial charge on any atom is 0.227 e. The van der Waals surface area contributed by atoms with E-state index in [4.69, 9.17) is 0 Å². The minimum atomic E-state index is 0.143. The van der Waals surface area contributed by atoms with Crippen molar-refractivity contribution in [2.75, 3.05) is 13.1 Å². The Kier molecular flexibility index (Phi) is 4.13. The Hall–Kier alpha value is -1.20. The van der Waals surface area contributed by atoms with Crippen molar-refractivity contribution in [3.05, 3.63) is 38.5 Å². The van der Waals surface area contributed by atoms with Gasteiger partial charge >= 0.3 is 0 Å². The number of thiophene rings is 1. The number of nitrogens with zero attached hydrogens (tertiary/aromatic N) is 2. The van der Waals surface area contributed by atoms with E-state index in [2.05, 4.69) is 31.0 Å². The first kappa shape index (κ1) is 14.7. The van der Waals surface area contributed by atoms with Gasteiger partial charge in [0.25, 0.3) is 0 Å². The standard InChI is InChI=1S/C16H20N2OS2/c1-12-3-4-13(21-12)11-14(19)18-8-5-16(2,6-9-18)15-17-7-10-20-15/h3-4,7,10H,5-6,8-9,11H2,1-2H3. The van der Waals surface area contributed by atoms with E-state index < -0.39 is 0 Å². The van der Waals surface area contributed by atoms with Crippen molar-refractivity contribution in [2.24, 2.45) is 0 Å². The van der Waals surface area contributed by atoms with Crippen LogP contribution < -0.4 is 0 Å². The van der Waals surface area contributed by atoms with E-state index in [1.807, 2.05) is 16.5 Å². The fraction of sp³-hybridized carbons (Fsp3) is 0.500. The van der Waals surface area contributed by atoms with Crippen LogP contribution in [-0.2, 0) is 16.6 Å². The number of aromatic nitrogens is 1. The number of piperidine rings is 1. The number of carbonyl (C=O) groups excluding carboxylic acids is 1. The molecule has 1 saturated heterocycles. The highest BCUT2D eigenvalue weighted by Gasteiger charge is 2.35. The van der Waals surface area contributed by atoms with Crippen LogP contribution in [-0.4, -0.2) is 28.9 Å². The fourth-order valence-electron chi connectivity index (χ4n) is 2.83. The lowest BCUT2D eigenvalue weighted by molar-refractivity contribution is -0.131. The van der Waals surface area contributed by atoms with Gasteiger partial charge in [-0.05, 0) is 31.9 Å². The molecule has 0 unspecified atom stereocenters. The number of hydrogen-bond donors (Lipinski definition) is 0. The average molecular weight is 320 g/mol. The lowest BCUT2D eigenvalue weighted by Crippen LogP contribution is -2.44. The third kappa shape index (κ3) is 3.19. The van der Waals surface area contributed by atoms with Crippen molar-refractivity contribution in [3.63, 3.8) is 0 Å². The maximum atomic E-state index is 12.4. The third-order valence-electron chi connectivity index (χ3n) is 4.29. The van der Waals surface area contributed by atoms with Crippen LogP contribution in [0.25, 0.3) is 0 Å². The molecule has 0 radical (unpaired) electrons. The van der Waals surface area contributed by atoms with Crippen LogP contribution in [0.4, 0.5) is 0 Å². The summed E-state index contributed by atoms with van der Waals surface area (Å²) >= 11 is 3.45. The minimum absolute atomic E-state index is 0.143. The largest absolute Gasteiger partial charge is 0.342 e. The Morgan fingerprint density at radius 3 is 2.71 bits per heavy atom. The van der Waals surface area contributed by atoms with E-state index >= 15 is 0 Å². The van der Waals surface area contributed by atoms with E-state index in [0.29, 0.717) is 6.42 Å². The van der Waals surface area contributed by atoms with Gasteiger partial charge in [0.05, 0.1) is 11.4 Å². The van der Waals surface area contributed by atoms with Crippen LogP contribution in [0.1, 0.15) is 34.5 Å². The molecule has 1 aliphatic rings. The van der Waals surface area contributed by atoms with Gasteiger partial charge in [-0.3, -0.25) is 4.79 Å². The zero-order valence-corrected chi connectivity index (χ0v) is 14.1. The van der Waals surface area contributed by atoms with Crippen molar-refractivity contribution in [3.8, 4) is 0 Å². The summed E-state index contributed by atoms with van der Waals surface area (Å²) in [5.41, 5.74) is 0.143. The minimum Gasteiger partial charge on any atom is -0.342 e. The SMILES string of the molecule is Cc1ccc(CC(=O)N2CCC(C)(c3nccs3)CC2)s1. The molecular formula is C16H20N2OS2. The Morgan fingerprint density at radius 1 is 1.38 bits per heavy atom. The van der Waals surface area contributed by atoms with Gasteiger partial charge in [-0.15, -0.1) is 22.7 Å². The van der Waals surface area contributed by atoms with Crippen molar-refractivity contribution in [1.82, 2.24) is 9.88 Å². The van der Waals surface area contributed by atoms with Crippen molar-refractivity contribution < 1.29 is 4.79 Å². The number of amides is 1. The summed E-state index contributed by atoms with van der Waals surface area (Å²) in [6.45, 7) is 6.05. The van der Waals surface area contributed by atoms with Gasteiger partial charge in [0.15, 0.2) is 0 Å². The second-order valence-corrected chi connectivity index (χ2v) is 8.23. The van der Waals surface area contributed by atoms with Gasteiger partial charge in [-0.25, -0.2) is 4.98 Å². The van der Waals surface area contributed by atoms with E-state index in [1.54, 1.807) is 22.7 Å². The van der Waals surface area contributed by atoms with Gasteiger partial charge in [0, 0.05) is 39.8 Å². The van der Waals surface area contributed by atoms with Crippen molar-refractivity contribution >= 4 is 28.6 Å². The predicted octanol–water partition coefficient (Wildman–Crippen LogP) is 3.64. The molecule has 3 heterocycles. The Morgan fingerprint density at radius 2 is 2.14 bits per heavy atom. The highest BCUT2D eigenvalue weighted by molar-refractivity contribution is 7.12. The number of thiazole rings is 1. The van der Waals surface area contributed by atoms with Crippen LogP contribution in [0.3, 0.4) is 0 Å². The molecule has 0 spiro atoms. The molecule has 2 aromatic rings. The zero-order valence-electron chi connectivity index (χ0n) is 12.5. The molecule has 0 bridgehead atoms. The molecule has 1 amide bonds. The highest BCUT2D eigenvalue weighted by atomic mass is 32.1. The van der Waals surface area contributed by atoms with E-state index in [0.717, 1.165) is 25.9 Å². The average Bonchev–Trinajstić information content (AvgIpc) is 3.11. The summed E-state index contributed by atoms with van der Waals surface area (Å²) < 4.78 is 0. The van der Waals surface area contributed by atoms with Crippen LogP contribution in [0.5, 0.6) is 0 Å². The van der Waals surface area contributed by atoms with Crippen molar-refractivity contribution in [1.29, 1.82) is 0 Å². The Bertz CT molecular complexity index is 610. The second kappa shape index (κ2) is 5.89. The van der Waals surface area contributed by atoms with Gasteiger partial charge in [0.2, 0.25) is 5.91 Å². The van der Waals surface area contributed by atoms with Crippen molar-refractivity contribution in [2.45, 2.75) is 38.5 Å². The van der Waals surface area contributed by atoms with Crippen LogP contribution in [0.15, 0.2) is 23.7 Å². The maximum absolute atomic E-state index is 12.4. The first-order valence-electron chi connectivity index (χ1n) is 7.30. The topological polar surface area (TPSA) is 33.2 Å². The highest BCUT2D eigenvalue weighted by Crippen LogP contribution is 2.36. The van der Waals surface area contributed by atoms with E-state index in [9.17, 15) is 4.79 Å². The Labute approximate surface area is 133 Å². The van der Waals surface area contributed by atoms with Gasteiger partial charge in [-0.2, -0.15) is 0 Å². The molecule has 3 nitrogen and oxygen atoms in total. The number of likely N-dealkylation sites (tertiary alicyclic amines) is 1. The summed E-state index contributed by atoms with van der Waals surface area (Å²) in [6.07, 6.45) is 4.44. The van der Waals surface area contributed by atoms with Gasteiger partial charge in [-0.1, -0.05) is 6.92 Å². The van der Waals surface area contributed by atoms with Gasteiger partial charge < -0.3 is 4.90 Å². The summed E-state index contributed by atoms with van der Waals surface area (Å²) in [6, 6.07) is 4.16. The normalized spacial score (nSPS) is 17.9. The number of carbonyl (C=O) groups is 1. The third-order valence-corrected chi connectivity index (χ3v) is 6.37. The summed E-state index contributed by atoms with van der Waals surface area (Å²) in [5.74, 6) is 0.262. The molecule has 1 aliphatic heterocycles. The molecule has 21 heavy (non-hydrogen) atoms. The molecule has 5 heteroatoms. The van der Waals surface area contributed by atoms with Gasteiger partial charge in [0.1, 0.15) is 0 Å². The van der Waals surface area contributed by atoms with Crippen LogP contribution >= 0.6 is 22.7 Å².